The molecule has 2 aliphatic rings. The van der Waals surface area contributed by atoms with Crippen molar-refractivity contribution < 1.29 is 9.57 Å². The van der Waals surface area contributed by atoms with Gasteiger partial charge in [0.15, 0.2) is 6.10 Å². The Hall–Kier alpha value is -0.960. The van der Waals surface area contributed by atoms with Crippen LogP contribution < -0.4 is 5.48 Å². The fraction of sp³-hybridized carbons (Fsp3) is 0.333. The van der Waals surface area contributed by atoms with Gasteiger partial charge in [-0.25, -0.2) is 0 Å². The highest BCUT2D eigenvalue weighted by Crippen LogP contribution is 2.16. The smallest absolute Gasteiger partial charge is 0.150 e. The molecule has 1 N–H and O–H groups in total. The van der Waals surface area contributed by atoms with E-state index in [1.54, 1.807) is 12.5 Å². The van der Waals surface area contributed by atoms with Crippen molar-refractivity contribution in [2.75, 3.05) is 0 Å². The summed E-state index contributed by atoms with van der Waals surface area (Å²) in [5.74, 6) is 0. The summed E-state index contributed by atoms with van der Waals surface area (Å²) in [6.07, 6.45) is 7.34. The van der Waals surface area contributed by atoms with Gasteiger partial charge in [0.25, 0.3) is 0 Å². The van der Waals surface area contributed by atoms with E-state index < -0.39 is 0 Å². The molecular formula is C6H7NO2. The highest BCUT2D eigenvalue weighted by Gasteiger charge is 2.25. The van der Waals surface area contributed by atoms with Gasteiger partial charge >= 0.3 is 0 Å². The first-order chi connectivity index (χ1) is 4.47. The van der Waals surface area contributed by atoms with E-state index in [1.807, 2.05) is 12.2 Å². The molecule has 0 aromatic heterocycles. The Bertz CT molecular complexity index is 164. The second-order valence-corrected chi connectivity index (χ2v) is 1.99. The van der Waals surface area contributed by atoms with Crippen LogP contribution in [0.3, 0.4) is 0 Å². The Balaban J connectivity index is 2.16. The average molecular weight is 125 g/mol. The minimum Gasteiger partial charge on any atom is -0.491 e. The van der Waals surface area contributed by atoms with Gasteiger partial charge < -0.3 is 4.74 Å². The van der Waals surface area contributed by atoms with Crippen LogP contribution in [0.5, 0.6) is 0 Å². The Labute approximate surface area is 52.9 Å². The second-order valence-electron chi connectivity index (χ2n) is 1.99. The minimum absolute atomic E-state index is 0.0648. The van der Waals surface area contributed by atoms with Gasteiger partial charge in [0.2, 0.25) is 0 Å². The lowest BCUT2D eigenvalue weighted by atomic mass is 10.2. The van der Waals surface area contributed by atoms with E-state index in [9.17, 15) is 0 Å². The Morgan fingerprint density at radius 3 is 3.11 bits per heavy atom. The predicted octanol–water partition coefficient (Wildman–Crippen LogP) is 0.316. The summed E-state index contributed by atoms with van der Waals surface area (Å²) in [5, 5.41) is 0. The molecule has 0 spiro atoms. The molecular weight excluding hydrogens is 118 g/mol. The third-order valence-corrected chi connectivity index (χ3v) is 1.39. The first-order valence-corrected chi connectivity index (χ1v) is 2.87. The fourth-order valence-corrected chi connectivity index (χ4v) is 0.914. The van der Waals surface area contributed by atoms with Gasteiger partial charge in [-0.3, -0.25) is 10.3 Å². The lowest BCUT2D eigenvalue weighted by Crippen LogP contribution is -2.31. The van der Waals surface area contributed by atoms with E-state index in [4.69, 9.17) is 9.57 Å². The summed E-state index contributed by atoms with van der Waals surface area (Å²) in [6.45, 7) is 0. The van der Waals surface area contributed by atoms with Crippen LogP contribution >= 0.6 is 0 Å². The molecule has 9 heavy (non-hydrogen) atoms. The van der Waals surface area contributed by atoms with Crippen LogP contribution in [0, 0.1) is 0 Å². The first-order valence-electron chi connectivity index (χ1n) is 2.87. The van der Waals surface area contributed by atoms with E-state index >= 15 is 0 Å². The molecule has 0 aromatic rings. The zero-order chi connectivity index (χ0) is 6.10. The lowest BCUT2D eigenvalue weighted by molar-refractivity contribution is -0.0293. The van der Waals surface area contributed by atoms with E-state index in [2.05, 4.69) is 5.48 Å². The van der Waals surface area contributed by atoms with Gasteiger partial charge in [0, 0.05) is 6.20 Å². The van der Waals surface area contributed by atoms with Gasteiger partial charge in [-0.2, -0.15) is 0 Å². The SMILES string of the molecule is C1=CC2OC=CC2ON1. The zero-order valence-electron chi connectivity index (χ0n) is 4.78. The number of nitrogens with one attached hydrogen (secondary N) is 1. The number of rotatable bonds is 0. The van der Waals surface area contributed by atoms with Crippen molar-refractivity contribution in [1.29, 1.82) is 0 Å². The number of fused-ring (bicyclic) bond motifs is 1. The summed E-state index contributed by atoms with van der Waals surface area (Å²) in [5.41, 5.74) is 2.64. The molecule has 2 atom stereocenters. The molecule has 0 aliphatic carbocycles. The topological polar surface area (TPSA) is 30.5 Å². The van der Waals surface area contributed by atoms with Gasteiger partial charge in [-0.1, -0.05) is 0 Å². The van der Waals surface area contributed by atoms with Gasteiger partial charge in [-0.15, -0.1) is 0 Å². The van der Waals surface area contributed by atoms with Gasteiger partial charge in [0.1, 0.15) is 6.10 Å². The van der Waals surface area contributed by atoms with Crippen LogP contribution in [-0.2, 0) is 9.57 Å². The molecule has 0 aromatic carbocycles. The molecule has 2 aliphatic heterocycles. The van der Waals surface area contributed by atoms with Crippen LogP contribution in [0.15, 0.2) is 24.6 Å². The molecule has 0 saturated carbocycles. The molecule has 0 saturated heterocycles. The number of hydrogen-bond donors (Lipinski definition) is 1. The first kappa shape index (κ1) is 4.88. The van der Waals surface area contributed by atoms with E-state index in [-0.39, 0.29) is 12.2 Å². The van der Waals surface area contributed by atoms with Crippen molar-refractivity contribution in [3.8, 4) is 0 Å². The van der Waals surface area contributed by atoms with Crippen molar-refractivity contribution in [1.82, 2.24) is 5.48 Å². The molecule has 2 rings (SSSR count). The normalized spacial score (nSPS) is 37.3. The van der Waals surface area contributed by atoms with E-state index in [0.717, 1.165) is 0 Å². The Kier molecular flexibility index (Phi) is 0.960. The molecule has 48 valence electrons. The van der Waals surface area contributed by atoms with Crippen LogP contribution in [0.4, 0.5) is 0 Å². The quantitative estimate of drug-likeness (QED) is 0.505. The van der Waals surface area contributed by atoms with Crippen LogP contribution in [-0.4, -0.2) is 12.2 Å². The van der Waals surface area contributed by atoms with Gasteiger partial charge in [0.05, 0.1) is 6.26 Å². The minimum atomic E-state index is 0.0648. The third-order valence-electron chi connectivity index (χ3n) is 1.39. The Morgan fingerprint density at radius 1 is 1.22 bits per heavy atom. The maximum atomic E-state index is 5.12. The lowest BCUT2D eigenvalue weighted by Gasteiger charge is -2.18. The molecule has 0 bridgehead atoms. The largest absolute Gasteiger partial charge is 0.491 e. The van der Waals surface area contributed by atoms with Gasteiger partial charge in [-0.05, 0) is 12.2 Å². The molecule has 0 fully saturated rings. The van der Waals surface area contributed by atoms with Crippen LogP contribution in [0.1, 0.15) is 0 Å². The van der Waals surface area contributed by atoms with Crippen molar-refractivity contribution in [3.63, 3.8) is 0 Å². The van der Waals surface area contributed by atoms with Crippen molar-refractivity contribution >= 4 is 0 Å². The maximum Gasteiger partial charge on any atom is 0.150 e. The standard InChI is InChI=1S/C6H7NO2/c1-3-7-9-6-2-4-8-5(1)6/h1-7H. The summed E-state index contributed by atoms with van der Waals surface area (Å²) < 4.78 is 5.12. The maximum absolute atomic E-state index is 5.12. The zero-order valence-corrected chi connectivity index (χ0v) is 4.78. The summed E-state index contributed by atoms with van der Waals surface area (Å²) >= 11 is 0. The number of hydroxylamine groups is 1. The van der Waals surface area contributed by atoms with Crippen LogP contribution in [0.2, 0.25) is 0 Å². The predicted molar refractivity (Wildman–Crippen MR) is 31.2 cm³/mol. The Morgan fingerprint density at radius 2 is 2.22 bits per heavy atom. The number of ether oxygens (including phenoxy) is 1. The average Bonchev–Trinajstić information content (AvgIpc) is 2.33. The fourth-order valence-electron chi connectivity index (χ4n) is 0.914. The third kappa shape index (κ3) is 0.695. The molecule has 3 nitrogen and oxygen atoms in total. The summed E-state index contributed by atoms with van der Waals surface area (Å²) in [7, 11) is 0. The highest BCUT2D eigenvalue weighted by atomic mass is 16.7. The van der Waals surface area contributed by atoms with E-state index in [1.165, 1.54) is 0 Å². The summed E-state index contributed by atoms with van der Waals surface area (Å²) in [6, 6.07) is 0. The monoisotopic (exact) mass is 125 g/mol. The molecule has 2 heterocycles. The molecule has 2 unspecified atom stereocenters. The molecule has 0 radical (unpaired) electrons. The summed E-state index contributed by atoms with van der Waals surface area (Å²) in [4.78, 5) is 5.05. The van der Waals surface area contributed by atoms with Crippen molar-refractivity contribution in [2.24, 2.45) is 0 Å². The van der Waals surface area contributed by atoms with Crippen molar-refractivity contribution in [2.45, 2.75) is 12.2 Å². The van der Waals surface area contributed by atoms with E-state index in [0.29, 0.717) is 0 Å². The molecule has 0 amide bonds. The molecule has 3 heteroatoms. The second kappa shape index (κ2) is 1.77. The van der Waals surface area contributed by atoms with Crippen molar-refractivity contribution in [3.05, 3.63) is 24.6 Å². The number of hydrogen-bond acceptors (Lipinski definition) is 3. The van der Waals surface area contributed by atoms with Crippen LogP contribution in [0.25, 0.3) is 0 Å². The highest BCUT2D eigenvalue weighted by molar-refractivity contribution is 5.07.